The van der Waals surface area contributed by atoms with Crippen molar-refractivity contribution in [2.75, 3.05) is 0 Å². The maximum absolute atomic E-state index is 12.9. The third-order valence-corrected chi connectivity index (χ3v) is 1.59. The Kier molecular flexibility index (Phi) is 2.92. The third-order valence-electron chi connectivity index (χ3n) is 1.59. The van der Waals surface area contributed by atoms with Crippen molar-refractivity contribution in [3.05, 3.63) is 33.5 Å². The molecule has 14 heavy (non-hydrogen) atoms. The minimum Gasteiger partial charge on any atom is -0.324 e. The van der Waals surface area contributed by atoms with Gasteiger partial charge in [-0.25, -0.2) is 13.2 Å². The summed E-state index contributed by atoms with van der Waals surface area (Å²) in [5.74, 6) is -1.28. The van der Waals surface area contributed by atoms with E-state index in [9.17, 15) is 18.0 Å². The summed E-state index contributed by atoms with van der Waals surface area (Å²) < 4.78 is 37.4. The number of aromatic nitrogens is 1. The van der Waals surface area contributed by atoms with E-state index < -0.39 is 29.8 Å². The molecule has 3 nitrogen and oxygen atoms in total. The molecule has 0 saturated carbocycles. The maximum Gasteiger partial charge on any atom is 0.268 e. The van der Waals surface area contributed by atoms with Crippen molar-refractivity contribution in [2.24, 2.45) is 0 Å². The van der Waals surface area contributed by atoms with Crippen molar-refractivity contribution in [2.45, 2.75) is 12.8 Å². The highest BCUT2D eigenvalue weighted by molar-refractivity contribution is 5.25. The van der Waals surface area contributed by atoms with Crippen molar-refractivity contribution in [3.8, 4) is 6.07 Å². The minimum absolute atomic E-state index is 0.368. The average molecular weight is 202 g/mol. The molecule has 0 saturated heterocycles. The molecule has 1 N–H and O–H groups in total. The number of alkyl halides is 2. The van der Waals surface area contributed by atoms with Crippen LogP contribution in [-0.2, 0) is 6.42 Å². The normalized spacial score (nSPS) is 10.2. The van der Waals surface area contributed by atoms with Crippen LogP contribution < -0.4 is 5.56 Å². The zero-order chi connectivity index (χ0) is 10.7. The Labute approximate surface area is 76.8 Å². The number of nitriles is 1. The number of hydrogen-bond donors (Lipinski definition) is 1. The van der Waals surface area contributed by atoms with Crippen molar-refractivity contribution < 1.29 is 13.2 Å². The SMILES string of the molecule is N#CCc1[nH]c(=O)cc(F)c1C(F)F. The highest BCUT2D eigenvalue weighted by Gasteiger charge is 2.19. The summed E-state index contributed by atoms with van der Waals surface area (Å²) in [5.41, 5.74) is -2.12. The predicted molar refractivity (Wildman–Crippen MR) is 41.3 cm³/mol. The van der Waals surface area contributed by atoms with Gasteiger partial charge >= 0.3 is 0 Å². The molecule has 0 aromatic carbocycles. The molecule has 0 fully saturated rings. The number of halogens is 3. The van der Waals surface area contributed by atoms with Crippen LogP contribution in [0.15, 0.2) is 10.9 Å². The molecule has 0 radical (unpaired) electrons. The number of pyridine rings is 1. The molecule has 0 aliphatic heterocycles. The lowest BCUT2D eigenvalue weighted by molar-refractivity contribution is 0.144. The predicted octanol–water partition coefficient (Wildman–Crippen LogP) is 1.52. The van der Waals surface area contributed by atoms with Crippen LogP contribution in [0.2, 0.25) is 0 Å². The average Bonchev–Trinajstić information content (AvgIpc) is 2.01. The van der Waals surface area contributed by atoms with Gasteiger partial charge in [0.05, 0.1) is 18.1 Å². The van der Waals surface area contributed by atoms with E-state index in [-0.39, 0.29) is 5.69 Å². The Hall–Kier alpha value is -1.77. The molecular weight excluding hydrogens is 197 g/mol. The molecule has 0 aliphatic carbocycles. The van der Waals surface area contributed by atoms with E-state index in [2.05, 4.69) is 0 Å². The van der Waals surface area contributed by atoms with Gasteiger partial charge in [0.15, 0.2) is 0 Å². The second-order valence-electron chi connectivity index (χ2n) is 2.51. The van der Waals surface area contributed by atoms with Crippen molar-refractivity contribution in [3.63, 3.8) is 0 Å². The smallest absolute Gasteiger partial charge is 0.268 e. The van der Waals surface area contributed by atoms with Crippen LogP contribution in [-0.4, -0.2) is 4.98 Å². The van der Waals surface area contributed by atoms with Crippen molar-refractivity contribution in [1.29, 1.82) is 5.26 Å². The molecule has 1 aromatic rings. The number of H-pyrrole nitrogens is 1. The standard InChI is InChI=1S/C8H5F3N2O/c9-4-3-6(14)13-5(1-2-12)7(4)8(10)11/h3,8H,1H2,(H,13,14). The Morgan fingerprint density at radius 2 is 2.21 bits per heavy atom. The number of nitrogens with one attached hydrogen (secondary N) is 1. The molecule has 1 aromatic heterocycles. The molecule has 0 atom stereocenters. The maximum atomic E-state index is 12.9. The van der Waals surface area contributed by atoms with Gasteiger partial charge < -0.3 is 4.98 Å². The molecule has 1 rings (SSSR count). The van der Waals surface area contributed by atoms with Gasteiger partial charge in [0.1, 0.15) is 5.82 Å². The molecule has 0 amide bonds. The highest BCUT2D eigenvalue weighted by Crippen LogP contribution is 2.23. The third kappa shape index (κ3) is 1.93. The molecule has 0 spiro atoms. The van der Waals surface area contributed by atoms with Gasteiger partial charge in [0, 0.05) is 11.8 Å². The van der Waals surface area contributed by atoms with Crippen LogP contribution in [0.25, 0.3) is 0 Å². The molecule has 0 bridgehead atoms. The van der Waals surface area contributed by atoms with Gasteiger partial charge in [0.25, 0.3) is 12.0 Å². The van der Waals surface area contributed by atoms with Crippen LogP contribution in [0, 0.1) is 17.1 Å². The molecule has 0 unspecified atom stereocenters. The lowest BCUT2D eigenvalue weighted by Crippen LogP contribution is -2.13. The fourth-order valence-corrected chi connectivity index (χ4v) is 1.04. The largest absolute Gasteiger partial charge is 0.324 e. The van der Waals surface area contributed by atoms with E-state index >= 15 is 0 Å². The first-order valence-corrected chi connectivity index (χ1v) is 3.63. The summed E-state index contributed by atoms with van der Waals surface area (Å²) in [4.78, 5) is 12.7. The Morgan fingerprint density at radius 3 is 2.71 bits per heavy atom. The van der Waals surface area contributed by atoms with Gasteiger partial charge in [-0.2, -0.15) is 5.26 Å². The monoisotopic (exact) mass is 202 g/mol. The molecule has 74 valence electrons. The van der Waals surface area contributed by atoms with Crippen LogP contribution >= 0.6 is 0 Å². The van der Waals surface area contributed by atoms with Gasteiger partial charge in [0.2, 0.25) is 0 Å². The summed E-state index contributed by atoms with van der Waals surface area (Å²) in [7, 11) is 0. The Morgan fingerprint density at radius 1 is 1.57 bits per heavy atom. The molecule has 6 heteroatoms. The summed E-state index contributed by atoms with van der Waals surface area (Å²) in [6.45, 7) is 0. The summed E-state index contributed by atoms with van der Waals surface area (Å²) in [6.07, 6.45) is -3.50. The Balaban J connectivity index is 3.38. The lowest BCUT2D eigenvalue weighted by Gasteiger charge is -2.05. The van der Waals surface area contributed by atoms with Crippen LogP contribution in [0.3, 0.4) is 0 Å². The van der Waals surface area contributed by atoms with Gasteiger partial charge in [-0.15, -0.1) is 0 Å². The summed E-state index contributed by atoms with van der Waals surface area (Å²) in [6, 6.07) is 2.00. The van der Waals surface area contributed by atoms with E-state index in [1.54, 1.807) is 6.07 Å². The molecule has 0 aliphatic rings. The summed E-state index contributed by atoms with van der Waals surface area (Å²) in [5, 5.41) is 8.27. The van der Waals surface area contributed by atoms with E-state index in [0.717, 1.165) is 0 Å². The lowest BCUT2D eigenvalue weighted by atomic mass is 10.1. The zero-order valence-electron chi connectivity index (χ0n) is 6.85. The Bertz CT molecular complexity index is 433. The van der Waals surface area contributed by atoms with Crippen LogP contribution in [0.5, 0.6) is 0 Å². The first kappa shape index (κ1) is 10.3. The first-order chi connectivity index (χ1) is 6.56. The minimum atomic E-state index is -3.05. The van der Waals surface area contributed by atoms with Crippen LogP contribution in [0.1, 0.15) is 17.7 Å². The second-order valence-corrected chi connectivity index (χ2v) is 2.51. The van der Waals surface area contributed by atoms with Gasteiger partial charge in [-0.1, -0.05) is 0 Å². The topological polar surface area (TPSA) is 56.6 Å². The van der Waals surface area contributed by atoms with Crippen molar-refractivity contribution >= 4 is 0 Å². The number of rotatable bonds is 2. The number of nitrogens with zero attached hydrogens (tertiary/aromatic N) is 1. The van der Waals surface area contributed by atoms with Crippen LogP contribution in [0.4, 0.5) is 13.2 Å². The van der Waals surface area contributed by atoms with Gasteiger partial charge in [-0.3, -0.25) is 4.79 Å². The fraction of sp³-hybridized carbons (Fsp3) is 0.250. The first-order valence-electron chi connectivity index (χ1n) is 3.63. The molecular formula is C8H5F3N2O. The number of aromatic amines is 1. The van der Waals surface area contributed by atoms with E-state index in [0.29, 0.717) is 6.07 Å². The van der Waals surface area contributed by atoms with E-state index in [4.69, 9.17) is 5.26 Å². The highest BCUT2D eigenvalue weighted by atomic mass is 19.3. The fourth-order valence-electron chi connectivity index (χ4n) is 1.04. The van der Waals surface area contributed by atoms with Crippen molar-refractivity contribution in [1.82, 2.24) is 4.98 Å². The van der Waals surface area contributed by atoms with Gasteiger partial charge in [-0.05, 0) is 0 Å². The number of hydrogen-bond acceptors (Lipinski definition) is 2. The quantitative estimate of drug-likeness (QED) is 0.790. The van der Waals surface area contributed by atoms with E-state index in [1.165, 1.54) is 0 Å². The second kappa shape index (κ2) is 3.96. The summed E-state index contributed by atoms with van der Waals surface area (Å²) >= 11 is 0. The zero-order valence-corrected chi connectivity index (χ0v) is 6.85. The van der Waals surface area contributed by atoms with E-state index in [1.807, 2.05) is 4.98 Å². The molecule has 1 heterocycles.